The minimum atomic E-state index is 0.719. The molecule has 0 radical (unpaired) electrons. The van der Waals surface area contributed by atoms with Crippen LogP contribution in [0.2, 0.25) is 5.02 Å². The van der Waals surface area contributed by atoms with Crippen molar-refractivity contribution in [1.29, 1.82) is 0 Å². The summed E-state index contributed by atoms with van der Waals surface area (Å²) in [4.78, 5) is 4.75. The normalized spacial score (nSPS) is 11.3. The van der Waals surface area contributed by atoms with Crippen molar-refractivity contribution >= 4 is 22.6 Å². The molecule has 114 valence electrons. The lowest BCUT2D eigenvalue weighted by atomic mass is 10.1. The van der Waals surface area contributed by atoms with Gasteiger partial charge in [0, 0.05) is 36.4 Å². The molecular formula is C18H15ClN4. The highest BCUT2D eigenvalue weighted by molar-refractivity contribution is 6.31. The van der Waals surface area contributed by atoms with Crippen LogP contribution in [0, 0.1) is 0 Å². The Morgan fingerprint density at radius 1 is 0.957 bits per heavy atom. The van der Waals surface area contributed by atoms with Crippen molar-refractivity contribution in [3.8, 4) is 22.5 Å². The van der Waals surface area contributed by atoms with Crippen LogP contribution in [0.15, 0.2) is 54.9 Å². The first-order valence-electron chi connectivity index (χ1n) is 7.33. The first kappa shape index (κ1) is 14.0. The Kier molecular flexibility index (Phi) is 3.20. The van der Waals surface area contributed by atoms with E-state index in [2.05, 4.69) is 27.9 Å². The molecule has 4 nitrogen and oxygen atoms in total. The van der Waals surface area contributed by atoms with Crippen LogP contribution in [0.3, 0.4) is 0 Å². The van der Waals surface area contributed by atoms with E-state index in [0.717, 1.165) is 38.6 Å². The van der Waals surface area contributed by atoms with Crippen molar-refractivity contribution in [2.45, 2.75) is 0 Å². The Balaban J connectivity index is 1.86. The minimum absolute atomic E-state index is 0.719. The van der Waals surface area contributed by atoms with Gasteiger partial charge in [-0.1, -0.05) is 29.8 Å². The fourth-order valence-electron chi connectivity index (χ4n) is 2.83. The van der Waals surface area contributed by atoms with E-state index in [-0.39, 0.29) is 0 Å². The highest BCUT2D eigenvalue weighted by Crippen LogP contribution is 2.28. The third-order valence-corrected chi connectivity index (χ3v) is 4.24. The summed E-state index contributed by atoms with van der Waals surface area (Å²) < 4.78 is 3.88. The molecule has 4 aromatic rings. The first-order valence-corrected chi connectivity index (χ1v) is 7.71. The summed E-state index contributed by atoms with van der Waals surface area (Å²) >= 11 is 6.10. The molecule has 0 aliphatic carbocycles. The summed E-state index contributed by atoms with van der Waals surface area (Å²) in [7, 11) is 3.93. The molecule has 0 atom stereocenters. The summed E-state index contributed by atoms with van der Waals surface area (Å²) in [5, 5.41) is 4.96. The highest BCUT2D eigenvalue weighted by atomic mass is 35.5. The van der Waals surface area contributed by atoms with Gasteiger partial charge in [-0.25, -0.2) is 4.98 Å². The van der Waals surface area contributed by atoms with Crippen LogP contribution in [-0.4, -0.2) is 19.3 Å². The van der Waals surface area contributed by atoms with Crippen molar-refractivity contribution in [3.63, 3.8) is 0 Å². The van der Waals surface area contributed by atoms with E-state index in [9.17, 15) is 0 Å². The van der Waals surface area contributed by atoms with Crippen LogP contribution in [0.25, 0.3) is 33.5 Å². The maximum atomic E-state index is 6.10. The van der Waals surface area contributed by atoms with Gasteiger partial charge in [0.1, 0.15) is 5.82 Å². The molecule has 0 unspecified atom stereocenters. The number of nitrogens with zero attached hydrogens (tertiary/aromatic N) is 4. The molecular weight excluding hydrogens is 308 g/mol. The van der Waals surface area contributed by atoms with Crippen LogP contribution in [-0.2, 0) is 14.1 Å². The van der Waals surface area contributed by atoms with Gasteiger partial charge in [0.25, 0.3) is 0 Å². The van der Waals surface area contributed by atoms with E-state index in [4.69, 9.17) is 16.6 Å². The second-order valence-electron chi connectivity index (χ2n) is 5.61. The minimum Gasteiger partial charge on any atom is -0.327 e. The quantitative estimate of drug-likeness (QED) is 0.552. The van der Waals surface area contributed by atoms with E-state index in [0.29, 0.717) is 0 Å². The molecule has 0 fully saturated rings. The zero-order valence-corrected chi connectivity index (χ0v) is 13.6. The molecule has 2 heterocycles. The Labute approximate surface area is 139 Å². The molecule has 0 bridgehead atoms. The lowest BCUT2D eigenvalue weighted by molar-refractivity contribution is 0.768. The summed E-state index contributed by atoms with van der Waals surface area (Å²) in [5.41, 5.74) is 5.26. The summed E-state index contributed by atoms with van der Waals surface area (Å²) in [5.74, 6) is 0.924. The van der Waals surface area contributed by atoms with Crippen molar-refractivity contribution in [2.75, 3.05) is 0 Å². The van der Waals surface area contributed by atoms with Crippen LogP contribution in [0.5, 0.6) is 0 Å². The van der Waals surface area contributed by atoms with Crippen molar-refractivity contribution in [3.05, 3.63) is 59.9 Å². The Bertz CT molecular complexity index is 1010. The zero-order valence-electron chi connectivity index (χ0n) is 12.9. The number of benzene rings is 2. The Hall–Kier alpha value is -2.59. The molecule has 0 amide bonds. The predicted molar refractivity (Wildman–Crippen MR) is 93.4 cm³/mol. The van der Waals surface area contributed by atoms with Crippen LogP contribution < -0.4 is 0 Å². The lowest BCUT2D eigenvalue weighted by Gasteiger charge is -2.05. The van der Waals surface area contributed by atoms with Crippen molar-refractivity contribution in [2.24, 2.45) is 14.1 Å². The summed E-state index contributed by atoms with van der Waals surface area (Å²) in [6.45, 7) is 0. The van der Waals surface area contributed by atoms with Gasteiger partial charge >= 0.3 is 0 Å². The third kappa shape index (κ3) is 2.41. The number of aryl methyl sites for hydroxylation is 2. The molecule has 23 heavy (non-hydrogen) atoms. The van der Waals surface area contributed by atoms with Gasteiger partial charge in [-0.15, -0.1) is 0 Å². The van der Waals surface area contributed by atoms with Gasteiger partial charge in [-0.2, -0.15) is 5.10 Å². The summed E-state index contributed by atoms with van der Waals surface area (Å²) in [6, 6.07) is 14.1. The van der Waals surface area contributed by atoms with Gasteiger partial charge in [-0.05, 0) is 29.8 Å². The number of rotatable bonds is 2. The molecule has 2 aromatic carbocycles. The second-order valence-corrected chi connectivity index (χ2v) is 6.05. The molecule has 0 saturated carbocycles. The van der Waals surface area contributed by atoms with Gasteiger partial charge in [0.05, 0.1) is 17.2 Å². The van der Waals surface area contributed by atoms with Crippen molar-refractivity contribution in [1.82, 2.24) is 19.3 Å². The predicted octanol–water partition coefficient (Wildman–Crippen LogP) is 4.29. The van der Waals surface area contributed by atoms with E-state index < -0.39 is 0 Å². The first-order chi connectivity index (χ1) is 11.1. The number of hydrogen-bond donors (Lipinski definition) is 0. The smallest absolute Gasteiger partial charge is 0.140 e. The maximum absolute atomic E-state index is 6.10. The SMILES string of the molecule is Cn1cc(-c2cccc(-c3nc4ccc(Cl)cc4n3C)c2)cn1. The standard InChI is InChI=1S/C18H15ClN4/c1-22-11-14(10-20-22)12-4-3-5-13(8-12)18-21-16-7-6-15(19)9-17(16)23(18)2/h3-11H,1-2H3. The highest BCUT2D eigenvalue weighted by Gasteiger charge is 2.11. The molecule has 5 heteroatoms. The third-order valence-electron chi connectivity index (χ3n) is 4.00. The fourth-order valence-corrected chi connectivity index (χ4v) is 3.00. The maximum Gasteiger partial charge on any atom is 0.140 e. The van der Waals surface area contributed by atoms with E-state index in [1.165, 1.54) is 0 Å². The average Bonchev–Trinajstić information content (AvgIpc) is 3.12. The largest absolute Gasteiger partial charge is 0.327 e. The van der Waals surface area contributed by atoms with Crippen LogP contribution in [0.1, 0.15) is 0 Å². The number of imidazole rings is 1. The molecule has 2 aromatic heterocycles. The number of halogens is 1. The fraction of sp³-hybridized carbons (Fsp3) is 0.111. The molecule has 0 aliphatic heterocycles. The molecule has 4 rings (SSSR count). The van der Waals surface area contributed by atoms with E-state index in [1.807, 2.05) is 50.8 Å². The number of fused-ring (bicyclic) bond motifs is 1. The Morgan fingerprint density at radius 2 is 1.78 bits per heavy atom. The number of hydrogen-bond acceptors (Lipinski definition) is 2. The molecule has 0 spiro atoms. The van der Waals surface area contributed by atoms with Crippen LogP contribution in [0.4, 0.5) is 0 Å². The second kappa shape index (κ2) is 5.25. The van der Waals surface area contributed by atoms with Crippen molar-refractivity contribution < 1.29 is 0 Å². The average molecular weight is 323 g/mol. The van der Waals surface area contributed by atoms with Gasteiger partial charge in [0.2, 0.25) is 0 Å². The molecule has 0 N–H and O–H groups in total. The zero-order chi connectivity index (χ0) is 16.0. The van der Waals surface area contributed by atoms with Gasteiger partial charge in [-0.3, -0.25) is 4.68 Å². The lowest BCUT2D eigenvalue weighted by Crippen LogP contribution is -1.92. The number of aromatic nitrogens is 4. The topological polar surface area (TPSA) is 35.6 Å². The molecule has 0 saturated heterocycles. The van der Waals surface area contributed by atoms with E-state index in [1.54, 1.807) is 4.68 Å². The monoisotopic (exact) mass is 322 g/mol. The molecule has 0 aliphatic rings. The van der Waals surface area contributed by atoms with Gasteiger partial charge in [0.15, 0.2) is 0 Å². The van der Waals surface area contributed by atoms with E-state index >= 15 is 0 Å². The van der Waals surface area contributed by atoms with Gasteiger partial charge < -0.3 is 4.57 Å². The summed E-state index contributed by atoms with van der Waals surface area (Å²) in [6.07, 6.45) is 3.88. The Morgan fingerprint density at radius 3 is 2.57 bits per heavy atom. The van der Waals surface area contributed by atoms with Crippen LogP contribution >= 0.6 is 11.6 Å².